The lowest BCUT2D eigenvalue weighted by molar-refractivity contribution is 0.0698. The number of aromatic nitrogens is 1. The molecule has 0 aliphatic rings. The van der Waals surface area contributed by atoms with Gasteiger partial charge in [0.05, 0.1) is 17.8 Å². The minimum atomic E-state index is -1.10. The van der Waals surface area contributed by atoms with Gasteiger partial charge in [-0.1, -0.05) is 15.9 Å². The lowest BCUT2D eigenvalue weighted by atomic mass is 10.2. The van der Waals surface area contributed by atoms with E-state index in [9.17, 15) is 9.59 Å². The van der Waals surface area contributed by atoms with Crippen molar-refractivity contribution in [3.8, 4) is 0 Å². The first-order valence-corrected chi connectivity index (χ1v) is 7.55. The summed E-state index contributed by atoms with van der Waals surface area (Å²) in [5.74, 6) is -1.10. The molecule has 2 aromatic rings. The zero-order valence-electron chi connectivity index (χ0n) is 11.0. The Morgan fingerprint density at radius 3 is 2.81 bits per heavy atom. The Labute approximate surface area is 133 Å². The summed E-state index contributed by atoms with van der Waals surface area (Å²) in [6.07, 6.45) is 1.73. The number of carboxylic acid groups (broad SMARTS) is 1. The Balaban J connectivity index is 2.02. The average Bonchev–Trinajstić information content (AvgIpc) is 2.82. The van der Waals surface area contributed by atoms with Crippen LogP contribution in [0.3, 0.4) is 0 Å². The molecule has 110 valence electrons. The zero-order chi connectivity index (χ0) is 15.4. The first-order valence-electron chi connectivity index (χ1n) is 5.94. The van der Waals surface area contributed by atoms with Gasteiger partial charge in [-0.05, 0) is 25.1 Å². The number of anilines is 1. The molecular weight excluding hydrogens is 358 g/mol. The lowest BCUT2D eigenvalue weighted by Crippen LogP contribution is -2.28. The first kappa shape index (κ1) is 15.5. The normalized spacial score (nSPS) is 10.2. The number of halogens is 1. The molecule has 2 amide bonds. The molecule has 0 radical (unpaired) electrons. The number of amides is 2. The van der Waals surface area contributed by atoms with Crippen molar-refractivity contribution < 1.29 is 14.7 Å². The molecule has 0 saturated heterocycles. The van der Waals surface area contributed by atoms with Gasteiger partial charge in [0.1, 0.15) is 5.01 Å². The summed E-state index contributed by atoms with van der Waals surface area (Å²) in [6, 6.07) is 4.08. The topological polar surface area (TPSA) is 91.3 Å². The Hall–Kier alpha value is -1.93. The van der Waals surface area contributed by atoms with Crippen LogP contribution in [0.4, 0.5) is 10.5 Å². The highest BCUT2D eigenvalue weighted by Crippen LogP contribution is 2.21. The second kappa shape index (κ2) is 6.68. The number of rotatable bonds is 4. The van der Waals surface area contributed by atoms with Crippen LogP contribution < -0.4 is 10.6 Å². The minimum absolute atomic E-state index is 0.0263. The van der Waals surface area contributed by atoms with E-state index in [0.29, 0.717) is 11.0 Å². The lowest BCUT2D eigenvalue weighted by Gasteiger charge is -2.09. The maximum atomic E-state index is 11.8. The van der Waals surface area contributed by atoms with Crippen molar-refractivity contribution in [3.63, 3.8) is 0 Å². The molecule has 0 aliphatic carbocycles. The van der Waals surface area contributed by atoms with Crippen LogP contribution in [0.5, 0.6) is 0 Å². The second-order valence-corrected chi connectivity index (χ2v) is 6.40. The molecule has 0 unspecified atom stereocenters. The monoisotopic (exact) mass is 369 g/mol. The molecule has 6 nitrogen and oxygen atoms in total. The van der Waals surface area contributed by atoms with Gasteiger partial charge in [-0.2, -0.15) is 0 Å². The largest absolute Gasteiger partial charge is 0.478 e. The van der Waals surface area contributed by atoms with Crippen LogP contribution in [0.15, 0.2) is 28.9 Å². The van der Waals surface area contributed by atoms with Crippen molar-refractivity contribution in [1.29, 1.82) is 0 Å². The van der Waals surface area contributed by atoms with Crippen LogP contribution in [-0.4, -0.2) is 22.1 Å². The van der Waals surface area contributed by atoms with Crippen molar-refractivity contribution in [2.24, 2.45) is 0 Å². The Kier molecular flexibility index (Phi) is 4.92. The number of nitrogens with zero attached hydrogens (tertiary/aromatic N) is 1. The zero-order valence-corrected chi connectivity index (χ0v) is 13.4. The summed E-state index contributed by atoms with van der Waals surface area (Å²) in [4.78, 5) is 28.1. The fraction of sp³-hybridized carbons (Fsp3) is 0.154. The molecule has 2 rings (SSSR count). The number of benzene rings is 1. The van der Waals surface area contributed by atoms with E-state index >= 15 is 0 Å². The van der Waals surface area contributed by atoms with Crippen molar-refractivity contribution >= 4 is 45.0 Å². The summed E-state index contributed by atoms with van der Waals surface area (Å²) in [5.41, 5.74) is 0.253. The highest BCUT2D eigenvalue weighted by atomic mass is 79.9. The summed E-state index contributed by atoms with van der Waals surface area (Å²) < 4.78 is 0.679. The van der Waals surface area contributed by atoms with Crippen LogP contribution in [0.25, 0.3) is 0 Å². The average molecular weight is 370 g/mol. The molecule has 8 heteroatoms. The smallest absolute Gasteiger partial charge is 0.337 e. The number of urea groups is 1. The highest BCUT2D eigenvalue weighted by molar-refractivity contribution is 9.10. The predicted octanol–water partition coefficient (Wildman–Crippen LogP) is 3.23. The number of carbonyl (C=O) groups excluding carboxylic acids is 1. The van der Waals surface area contributed by atoms with E-state index in [2.05, 4.69) is 31.5 Å². The summed E-state index contributed by atoms with van der Waals surface area (Å²) >= 11 is 4.73. The Morgan fingerprint density at radius 1 is 1.43 bits per heavy atom. The number of carbonyl (C=O) groups is 2. The summed E-state index contributed by atoms with van der Waals surface area (Å²) in [5, 5.41) is 15.0. The van der Waals surface area contributed by atoms with Gasteiger partial charge in [0, 0.05) is 15.5 Å². The summed E-state index contributed by atoms with van der Waals surface area (Å²) in [7, 11) is 0. The van der Waals surface area contributed by atoms with E-state index in [4.69, 9.17) is 5.11 Å². The molecule has 21 heavy (non-hydrogen) atoms. The van der Waals surface area contributed by atoms with Gasteiger partial charge in [-0.3, -0.25) is 0 Å². The standard InChI is InChI=1S/C13H12BrN3O3S/c1-7-5-15-11(21-7)6-16-13(20)17-10-4-8(14)2-3-9(10)12(18)19/h2-5H,6H2,1H3,(H,18,19)(H2,16,17,20). The van der Waals surface area contributed by atoms with Gasteiger partial charge < -0.3 is 15.7 Å². The van der Waals surface area contributed by atoms with Gasteiger partial charge in [0.25, 0.3) is 0 Å². The number of hydrogen-bond donors (Lipinski definition) is 3. The Morgan fingerprint density at radius 2 is 2.19 bits per heavy atom. The van der Waals surface area contributed by atoms with Crippen LogP contribution >= 0.6 is 27.3 Å². The third-order valence-corrected chi connectivity index (χ3v) is 3.94. The fourth-order valence-corrected chi connectivity index (χ4v) is 2.70. The van der Waals surface area contributed by atoms with Crippen LogP contribution in [0.1, 0.15) is 20.2 Å². The van der Waals surface area contributed by atoms with Gasteiger partial charge in [0.2, 0.25) is 0 Å². The third-order valence-electron chi connectivity index (χ3n) is 2.53. The quantitative estimate of drug-likeness (QED) is 0.771. The molecule has 0 aliphatic heterocycles. The third kappa shape index (κ3) is 4.27. The predicted molar refractivity (Wildman–Crippen MR) is 83.8 cm³/mol. The number of hydrogen-bond acceptors (Lipinski definition) is 4. The van der Waals surface area contributed by atoms with E-state index in [1.165, 1.54) is 23.5 Å². The van der Waals surface area contributed by atoms with Crippen LogP contribution in [-0.2, 0) is 6.54 Å². The van der Waals surface area contributed by atoms with E-state index < -0.39 is 12.0 Å². The molecule has 0 spiro atoms. The molecule has 1 aromatic carbocycles. The van der Waals surface area contributed by atoms with Gasteiger partial charge in [0.15, 0.2) is 0 Å². The Bertz CT molecular complexity index is 687. The number of aryl methyl sites for hydroxylation is 1. The molecule has 0 saturated carbocycles. The highest BCUT2D eigenvalue weighted by Gasteiger charge is 2.13. The van der Waals surface area contributed by atoms with E-state index in [1.807, 2.05) is 6.92 Å². The van der Waals surface area contributed by atoms with Crippen LogP contribution in [0.2, 0.25) is 0 Å². The van der Waals surface area contributed by atoms with E-state index in [1.54, 1.807) is 12.3 Å². The molecule has 1 aromatic heterocycles. The van der Waals surface area contributed by atoms with Crippen molar-refractivity contribution in [2.75, 3.05) is 5.32 Å². The van der Waals surface area contributed by atoms with Gasteiger partial charge >= 0.3 is 12.0 Å². The molecule has 0 fully saturated rings. The first-order chi connectivity index (χ1) is 9.95. The number of thiazole rings is 1. The maximum absolute atomic E-state index is 11.8. The van der Waals surface area contributed by atoms with E-state index in [0.717, 1.165) is 9.88 Å². The number of aromatic carboxylic acids is 1. The van der Waals surface area contributed by atoms with Gasteiger partial charge in [-0.25, -0.2) is 14.6 Å². The van der Waals surface area contributed by atoms with Crippen molar-refractivity contribution in [1.82, 2.24) is 10.3 Å². The number of nitrogens with one attached hydrogen (secondary N) is 2. The minimum Gasteiger partial charge on any atom is -0.478 e. The molecular formula is C13H12BrN3O3S. The number of carboxylic acids is 1. The molecule has 1 heterocycles. The van der Waals surface area contributed by atoms with E-state index in [-0.39, 0.29) is 11.3 Å². The SMILES string of the molecule is Cc1cnc(CNC(=O)Nc2cc(Br)ccc2C(=O)O)s1. The van der Waals surface area contributed by atoms with Crippen molar-refractivity contribution in [2.45, 2.75) is 13.5 Å². The molecule has 0 bridgehead atoms. The van der Waals surface area contributed by atoms with Crippen molar-refractivity contribution in [3.05, 3.63) is 44.3 Å². The fourth-order valence-electron chi connectivity index (χ4n) is 1.61. The summed E-state index contributed by atoms with van der Waals surface area (Å²) in [6.45, 7) is 2.22. The molecule has 3 N–H and O–H groups in total. The maximum Gasteiger partial charge on any atom is 0.337 e. The molecule has 0 atom stereocenters. The van der Waals surface area contributed by atoms with Gasteiger partial charge in [-0.15, -0.1) is 11.3 Å². The van der Waals surface area contributed by atoms with Crippen LogP contribution in [0, 0.1) is 6.92 Å². The second-order valence-electron chi connectivity index (χ2n) is 4.17.